The summed E-state index contributed by atoms with van der Waals surface area (Å²) in [7, 11) is 1.63. The Bertz CT molecular complexity index is 345. The minimum absolute atomic E-state index is 0.764. The SMILES string of the molecule is C/C=C(\C)Oc1cc(OC)ccc1Br. The minimum Gasteiger partial charge on any atom is -0.497 e. The van der Waals surface area contributed by atoms with Crippen LogP contribution in [0.3, 0.4) is 0 Å². The number of rotatable bonds is 3. The number of allylic oxidation sites excluding steroid dienone is 2. The molecular formula is C11H13BrO2. The van der Waals surface area contributed by atoms with Crippen molar-refractivity contribution < 1.29 is 9.47 Å². The fraction of sp³-hybridized carbons (Fsp3) is 0.273. The molecule has 0 atom stereocenters. The molecule has 76 valence electrons. The second-order valence-electron chi connectivity index (χ2n) is 2.80. The molecule has 0 radical (unpaired) electrons. The van der Waals surface area contributed by atoms with E-state index >= 15 is 0 Å². The van der Waals surface area contributed by atoms with E-state index in [2.05, 4.69) is 15.9 Å². The van der Waals surface area contributed by atoms with Gasteiger partial charge in [-0.2, -0.15) is 0 Å². The fourth-order valence-electron chi connectivity index (χ4n) is 0.921. The second-order valence-corrected chi connectivity index (χ2v) is 3.65. The van der Waals surface area contributed by atoms with Gasteiger partial charge in [0.2, 0.25) is 0 Å². The van der Waals surface area contributed by atoms with E-state index in [0.29, 0.717) is 0 Å². The van der Waals surface area contributed by atoms with Crippen LogP contribution in [-0.4, -0.2) is 7.11 Å². The third-order valence-electron chi connectivity index (χ3n) is 1.82. The molecule has 0 aromatic heterocycles. The summed E-state index contributed by atoms with van der Waals surface area (Å²) < 4.78 is 11.6. The van der Waals surface area contributed by atoms with Crippen LogP contribution in [-0.2, 0) is 0 Å². The lowest BCUT2D eigenvalue weighted by Crippen LogP contribution is -1.92. The maximum absolute atomic E-state index is 5.57. The molecule has 14 heavy (non-hydrogen) atoms. The molecule has 0 fully saturated rings. The number of benzene rings is 1. The van der Waals surface area contributed by atoms with Crippen molar-refractivity contribution in [1.29, 1.82) is 0 Å². The van der Waals surface area contributed by atoms with Gasteiger partial charge in [0.25, 0.3) is 0 Å². The van der Waals surface area contributed by atoms with Crippen molar-refractivity contribution in [3.63, 3.8) is 0 Å². The first kappa shape index (κ1) is 11.1. The molecule has 2 nitrogen and oxygen atoms in total. The Morgan fingerprint density at radius 1 is 1.43 bits per heavy atom. The van der Waals surface area contributed by atoms with Gasteiger partial charge in [0.15, 0.2) is 0 Å². The number of ether oxygens (including phenoxy) is 2. The molecule has 0 spiro atoms. The summed E-state index contributed by atoms with van der Waals surface area (Å²) in [5.74, 6) is 2.41. The van der Waals surface area contributed by atoms with Crippen LogP contribution >= 0.6 is 15.9 Å². The summed E-state index contributed by atoms with van der Waals surface area (Å²) in [6.07, 6.45) is 1.91. The van der Waals surface area contributed by atoms with Gasteiger partial charge in [0, 0.05) is 6.07 Å². The first-order valence-electron chi connectivity index (χ1n) is 4.31. The van der Waals surface area contributed by atoms with Crippen molar-refractivity contribution >= 4 is 15.9 Å². The van der Waals surface area contributed by atoms with E-state index in [0.717, 1.165) is 21.7 Å². The van der Waals surface area contributed by atoms with Crippen molar-refractivity contribution in [1.82, 2.24) is 0 Å². The number of methoxy groups -OCH3 is 1. The smallest absolute Gasteiger partial charge is 0.144 e. The number of halogens is 1. The van der Waals surface area contributed by atoms with E-state index in [1.807, 2.05) is 38.1 Å². The second kappa shape index (κ2) is 5.05. The van der Waals surface area contributed by atoms with Crippen LogP contribution in [0.25, 0.3) is 0 Å². The summed E-state index contributed by atoms with van der Waals surface area (Å²) in [5, 5.41) is 0. The highest BCUT2D eigenvalue weighted by atomic mass is 79.9. The molecule has 1 rings (SSSR count). The first-order valence-corrected chi connectivity index (χ1v) is 5.11. The topological polar surface area (TPSA) is 18.5 Å². The van der Waals surface area contributed by atoms with Crippen molar-refractivity contribution in [2.45, 2.75) is 13.8 Å². The Hall–Kier alpha value is -0.960. The Labute approximate surface area is 92.7 Å². The molecule has 0 N–H and O–H groups in total. The zero-order valence-corrected chi connectivity index (χ0v) is 10.1. The quantitative estimate of drug-likeness (QED) is 0.767. The minimum atomic E-state index is 0.764. The van der Waals surface area contributed by atoms with Crippen LogP contribution < -0.4 is 9.47 Å². The third kappa shape index (κ3) is 2.77. The average Bonchev–Trinajstić information content (AvgIpc) is 2.21. The molecule has 0 aliphatic carbocycles. The Balaban J connectivity index is 2.95. The van der Waals surface area contributed by atoms with Gasteiger partial charge in [-0.05, 0) is 48.0 Å². The molecule has 0 heterocycles. The van der Waals surface area contributed by atoms with Gasteiger partial charge in [-0.3, -0.25) is 0 Å². The van der Waals surface area contributed by atoms with Crippen molar-refractivity contribution in [2.75, 3.05) is 7.11 Å². The van der Waals surface area contributed by atoms with Crippen molar-refractivity contribution in [3.8, 4) is 11.5 Å². The number of hydrogen-bond donors (Lipinski definition) is 0. The van der Waals surface area contributed by atoms with E-state index in [4.69, 9.17) is 9.47 Å². The highest BCUT2D eigenvalue weighted by molar-refractivity contribution is 9.10. The summed E-state index contributed by atoms with van der Waals surface area (Å²) >= 11 is 3.41. The zero-order chi connectivity index (χ0) is 10.6. The summed E-state index contributed by atoms with van der Waals surface area (Å²) in [6.45, 7) is 3.84. The van der Waals surface area contributed by atoms with E-state index in [-0.39, 0.29) is 0 Å². The van der Waals surface area contributed by atoms with Crippen molar-refractivity contribution in [3.05, 3.63) is 34.5 Å². The van der Waals surface area contributed by atoms with E-state index in [1.54, 1.807) is 7.11 Å². The van der Waals surface area contributed by atoms with Gasteiger partial charge < -0.3 is 9.47 Å². The molecule has 1 aromatic rings. The van der Waals surface area contributed by atoms with Crippen LogP contribution in [0.5, 0.6) is 11.5 Å². The van der Waals surface area contributed by atoms with Gasteiger partial charge in [-0.1, -0.05) is 0 Å². The molecule has 0 aliphatic heterocycles. The molecule has 1 aromatic carbocycles. The lowest BCUT2D eigenvalue weighted by Gasteiger charge is -2.09. The monoisotopic (exact) mass is 256 g/mol. The van der Waals surface area contributed by atoms with Gasteiger partial charge in [0.05, 0.1) is 17.3 Å². The van der Waals surface area contributed by atoms with Gasteiger partial charge in [-0.15, -0.1) is 0 Å². The maximum Gasteiger partial charge on any atom is 0.144 e. The van der Waals surface area contributed by atoms with E-state index in [9.17, 15) is 0 Å². The van der Waals surface area contributed by atoms with Gasteiger partial charge in [-0.25, -0.2) is 0 Å². The largest absolute Gasteiger partial charge is 0.497 e. The van der Waals surface area contributed by atoms with E-state index < -0.39 is 0 Å². The third-order valence-corrected chi connectivity index (χ3v) is 2.47. The molecule has 0 unspecified atom stereocenters. The lowest BCUT2D eigenvalue weighted by molar-refractivity contribution is 0.398. The predicted molar refractivity (Wildman–Crippen MR) is 60.8 cm³/mol. The Morgan fingerprint density at radius 3 is 2.71 bits per heavy atom. The molecule has 0 saturated carbocycles. The van der Waals surface area contributed by atoms with Crippen LogP contribution in [0.1, 0.15) is 13.8 Å². The number of hydrogen-bond acceptors (Lipinski definition) is 2. The van der Waals surface area contributed by atoms with E-state index in [1.165, 1.54) is 0 Å². The van der Waals surface area contributed by atoms with Crippen LogP contribution in [0.2, 0.25) is 0 Å². The van der Waals surface area contributed by atoms with Gasteiger partial charge in [0.1, 0.15) is 11.5 Å². The van der Waals surface area contributed by atoms with Crippen molar-refractivity contribution in [2.24, 2.45) is 0 Å². The normalized spacial score (nSPS) is 11.3. The fourth-order valence-corrected chi connectivity index (χ4v) is 1.25. The molecule has 0 bridgehead atoms. The molecule has 0 amide bonds. The molecule has 0 saturated heterocycles. The Kier molecular flexibility index (Phi) is 4.01. The molecule has 0 aliphatic rings. The van der Waals surface area contributed by atoms with Gasteiger partial charge >= 0.3 is 0 Å². The summed E-state index contributed by atoms with van der Waals surface area (Å²) in [6, 6.07) is 5.62. The van der Waals surface area contributed by atoms with Crippen LogP contribution in [0.4, 0.5) is 0 Å². The van der Waals surface area contributed by atoms with Crippen LogP contribution in [0.15, 0.2) is 34.5 Å². The maximum atomic E-state index is 5.57. The molecule has 3 heteroatoms. The average molecular weight is 257 g/mol. The lowest BCUT2D eigenvalue weighted by atomic mass is 10.3. The van der Waals surface area contributed by atoms with Crippen LogP contribution in [0, 0.1) is 0 Å². The first-order chi connectivity index (χ1) is 6.67. The zero-order valence-electron chi connectivity index (χ0n) is 8.50. The summed E-state index contributed by atoms with van der Waals surface area (Å²) in [4.78, 5) is 0. The highest BCUT2D eigenvalue weighted by Crippen LogP contribution is 2.30. The molecular weight excluding hydrogens is 244 g/mol. The Morgan fingerprint density at radius 2 is 2.14 bits per heavy atom. The predicted octanol–water partition coefficient (Wildman–Crippen LogP) is 3.76. The standard InChI is InChI=1S/C11H13BrO2/c1-4-8(2)14-11-7-9(13-3)5-6-10(11)12/h4-7H,1-3H3/b8-4+. The highest BCUT2D eigenvalue weighted by Gasteiger charge is 2.03. The summed E-state index contributed by atoms with van der Waals surface area (Å²) in [5.41, 5.74) is 0.